The zero-order chi connectivity index (χ0) is 12.0. The number of rotatable bonds is 7. The summed E-state index contributed by atoms with van der Waals surface area (Å²) in [6.07, 6.45) is 2.35. The second kappa shape index (κ2) is 6.33. The van der Waals surface area contributed by atoms with Crippen LogP contribution in [0.4, 0.5) is 0 Å². The van der Waals surface area contributed by atoms with E-state index in [9.17, 15) is 9.90 Å². The number of hydrogen-bond acceptors (Lipinski definition) is 3. The number of hydrogen-bond donors (Lipinski definition) is 1. The number of carbonyl (C=O) groups is 1. The Balaban J connectivity index is 2.52. The molecule has 90 valence electrons. The maximum Gasteiger partial charge on any atom is 0.159 e. The normalized spacial score (nSPS) is 12.6. The van der Waals surface area contributed by atoms with Gasteiger partial charge in [0, 0.05) is 0 Å². The predicted molar refractivity (Wildman–Crippen MR) is 58.0 cm³/mol. The van der Waals surface area contributed by atoms with Gasteiger partial charge in [-0.1, -0.05) is 13.3 Å². The van der Waals surface area contributed by atoms with Crippen molar-refractivity contribution in [2.24, 2.45) is 0 Å². The van der Waals surface area contributed by atoms with Crippen LogP contribution in [0, 0.1) is 0 Å². The van der Waals surface area contributed by atoms with Gasteiger partial charge in [0.25, 0.3) is 0 Å². The van der Waals surface area contributed by atoms with Crippen LogP contribution < -0.4 is 10.0 Å². The maximum absolute atomic E-state index is 10.5. The molecule has 0 aromatic carbocycles. The highest BCUT2D eigenvalue weighted by Gasteiger charge is 2.10. The fourth-order valence-corrected chi connectivity index (χ4v) is 1.65. The number of quaternary nitrogens is 1. The Bertz CT molecular complexity index is 333. The molecule has 0 saturated carbocycles. The maximum atomic E-state index is 10.5. The molecule has 1 atom stereocenters. The van der Waals surface area contributed by atoms with Crippen molar-refractivity contribution in [3.8, 4) is 0 Å². The number of carboxylic acid groups (broad SMARTS) is 1. The van der Waals surface area contributed by atoms with Gasteiger partial charge in [0.15, 0.2) is 5.76 Å². The van der Waals surface area contributed by atoms with Crippen LogP contribution in [-0.2, 0) is 6.54 Å². The van der Waals surface area contributed by atoms with Crippen LogP contribution in [0.3, 0.4) is 0 Å². The monoisotopic (exact) mass is 225 g/mol. The first-order chi connectivity index (χ1) is 7.67. The summed E-state index contributed by atoms with van der Waals surface area (Å²) in [4.78, 5) is 11.9. The Labute approximate surface area is 95.9 Å². The Morgan fingerprint density at radius 3 is 2.69 bits per heavy atom. The van der Waals surface area contributed by atoms with E-state index in [4.69, 9.17) is 4.42 Å². The Morgan fingerprint density at radius 2 is 2.19 bits per heavy atom. The zero-order valence-electron chi connectivity index (χ0n) is 9.91. The molecule has 16 heavy (non-hydrogen) atoms. The van der Waals surface area contributed by atoms with Crippen LogP contribution in [-0.4, -0.2) is 19.1 Å². The number of unbranched alkanes of at least 4 members (excludes halogenated alkanes) is 1. The summed E-state index contributed by atoms with van der Waals surface area (Å²) in [5.41, 5.74) is 0. The minimum atomic E-state index is -1.25. The van der Waals surface area contributed by atoms with Gasteiger partial charge in [-0.25, -0.2) is 0 Å². The molecule has 0 spiro atoms. The molecular weight excluding hydrogens is 206 g/mol. The smallest absolute Gasteiger partial charge is 0.159 e. The molecule has 0 aliphatic rings. The highest BCUT2D eigenvalue weighted by Crippen LogP contribution is 2.05. The van der Waals surface area contributed by atoms with E-state index in [2.05, 4.69) is 13.8 Å². The first-order valence-electron chi connectivity index (χ1n) is 5.81. The molecule has 0 amide bonds. The van der Waals surface area contributed by atoms with Crippen LogP contribution in [0.5, 0.6) is 0 Å². The van der Waals surface area contributed by atoms with Crippen molar-refractivity contribution in [3.63, 3.8) is 0 Å². The minimum absolute atomic E-state index is 0.0825. The van der Waals surface area contributed by atoms with Crippen molar-refractivity contribution in [1.29, 1.82) is 0 Å². The van der Waals surface area contributed by atoms with Crippen molar-refractivity contribution in [2.75, 3.05) is 13.1 Å². The van der Waals surface area contributed by atoms with E-state index in [1.54, 1.807) is 6.07 Å². The number of carboxylic acids is 1. The Morgan fingerprint density at radius 1 is 1.44 bits per heavy atom. The van der Waals surface area contributed by atoms with E-state index in [1.165, 1.54) is 23.8 Å². The molecule has 1 aromatic heterocycles. The molecule has 0 aliphatic heterocycles. The molecule has 4 nitrogen and oxygen atoms in total. The summed E-state index contributed by atoms with van der Waals surface area (Å²) in [6.45, 7) is 7.13. The first kappa shape index (κ1) is 12.8. The molecule has 1 aromatic rings. The summed E-state index contributed by atoms with van der Waals surface area (Å²) >= 11 is 0. The third-order valence-corrected chi connectivity index (χ3v) is 2.67. The highest BCUT2D eigenvalue weighted by atomic mass is 16.4. The molecular formula is C12H19NO3. The average molecular weight is 225 g/mol. The van der Waals surface area contributed by atoms with Crippen LogP contribution in [0.2, 0.25) is 0 Å². The zero-order valence-corrected chi connectivity index (χ0v) is 9.91. The van der Waals surface area contributed by atoms with Crippen LogP contribution in [0.15, 0.2) is 16.5 Å². The lowest BCUT2D eigenvalue weighted by Crippen LogP contribution is -3.10. The summed E-state index contributed by atoms with van der Waals surface area (Å²) in [7, 11) is 0. The van der Waals surface area contributed by atoms with Crippen molar-refractivity contribution in [1.82, 2.24) is 0 Å². The van der Waals surface area contributed by atoms with Gasteiger partial charge in [-0.05, 0) is 25.5 Å². The lowest BCUT2D eigenvalue weighted by molar-refractivity contribution is -0.913. The topological polar surface area (TPSA) is 57.7 Å². The SMILES string of the molecule is CCCC[NH+](CC)Cc1ccc(C(=O)[O-])o1. The Kier molecular flexibility index (Phi) is 5.05. The molecule has 0 bridgehead atoms. The van der Waals surface area contributed by atoms with E-state index in [0.717, 1.165) is 19.6 Å². The fraction of sp³-hybridized carbons (Fsp3) is 0.583. The molecule has 0 radical (unpaired) electrons. The van der Waals surface area contributed by atoms with Crippen molar-refractivity contribution in [2.45, 2.75) is 33.2 Å². The van der Waals surface area contributed by atoms with Crippen molar-refractivity contribution < 1.29 is 19.2 Å². The second-order valence-electron chi connectivity index (χ2n) is 3.94. The second-order valence-corrected chi connectivity index (χ2v) is 3.94. The number of aromatic carboxylic acids is 1. The number of furan rings is 1. The number of carbonyl (C=O) groups excluding carboxylic acids is 1. The van der Waals surface area contributed by atoms with E-state index in [1.807, 2.05) is 0 Å². The van der Waals surface area contributed by atoms with Gasteiger partial charge in [0.2, 0.25) is 0 Å². The van der Waals surface area contributed by atoms with Crippen molar-refractivity contribution in [3.05, 3.63) is 23.7 Å². The standard InChI is InChI=1S/C12H19NO3/c1-3-5-8-13(4-2)9-10-6-7-11(16-10)12(14)15/h6-7H,3-5,8-9H2,1-2H3,(H,14,15). The van der Waals surface area contributed by atoms with Gasteiger partial charge in [-0.2, -0.15) is 0 Å². The summed E-state index contributed by atoms with van der Waals surface area (Å²) < 4.78 is 5.17. The Hall–Kier alpha value is -1.29. The van der Waals surface area contributed by atoms with Gasteiger partial charge >= 0.3 is 0 Å². The van der Waals surface area contributed by atoms with Crippen molar-refractivity contribution >= 4 is 5.97 Å². The molecule has 1 unspecified atom stereocenters. The molecule has 4 heteroatoms. The largest absolute Gasteiger partial charge is 0.542 e. The quantitative estimate of drug-likeness (QED) is 0.702. The van der Waals surface area contributed by atoms with E-state index in [-0.39, 0.29) is 5.76 Å². The molecule has 1 N–H and O–H groups in total. The molecule has 0 fully saturated rings. The molecule has 0 saturated heterocycles. The summed E-state index contributed by atoms with van der Waals surface area (Å²) in [5.74, 6) is -0.619. The van der Waals surface area contributed by atoms with Crippen LogP contribution in [0.25, 0.3) is 0 Å². The van der Waals surface area contributed by atoms with Gasteiger partial charge < -0.3 is 19.2 Å². The highest BCUT2D eigenvalue weighted by molar-refractivity contribution is 5.82. The fourth-order valence-electron chi connectivity index (χ4n) is 1.65. The van der Waals surface area contributed by atoms with Gasteiger partial charge in [-0.3, -0.25) is 0 Å². The third kappa shape index (κ3) is 3.70. The summed E-state index contributed by atoms with van der Waals surface area (Å²) in [6, 6.07) is 3.17. The minimum Gasteiger partial charge on any atom is -0.542 e. The van der Waals surface area contributed by atoms with Gasteiger partial charge in [0.05, 0.1) is 13.1 Å². The lowest BCUT2D eigenvalue weighted by atomic mass is 10.3. The molecule has 1 heterocycles. The van der Waals surface area contributed by atoms with Gasteiger partial charge in [-0.15, -0.1) is 0 Å². The van der Waals surface area contributed by atoms with Gasteiger partial charge in [0.1, 0.15) is 18.3 Å². The number of nitrogens with one attached hydrogen (secondary N) is 1. The third-order valence-electron chi connectivity index (χ3n) is 2.67. The molecule has 0 aliphatic carbocycles. The first-order valence-corrected chi connectivity index (χ1v) is 5.81. The van der Waals surface area contributed by atoms with E-state index < -0.39 is 5.97 Å². The lowest BCUT2D eigenvalue weighted by Gasteiger charge is -2.15. The van der Waals surface area contributed by atoms with Crippen LogP contribution in [0.1, 0.15) is 43.0 Å². The average Bonchev–Trinajstić information content (AvgIpc) is 2.72. The van der Waals surface area contributed by atoms with Crippen LogP contribution >= 0.6 is 0 Å². The molecule has 1 rings (SSSR count). The van der Waals surface area contributed by atoms with E-state index >= 15 is 0 Å². The summed E-state index contributed by atoms with van der Waals surface area (Å²) in [5, 5.41) is 10.5. The van der Waals surface area contributed by atoms with E-state index in [0.29, 0.717) is 5.76 Å². The predicted octanol–water partition coefficient (Wildman–Crippen LogP) is -0.152.